The number of rotatable bonds is 3. The van der Waals surface area contributed by atoms with Gasteiger partial charge in [-0.15, -0.1) is 0 Å². The van der Waals surface area contributed by atoms with Crippen molar-refractivity contribution < 1.29 is 4.79 Å². The molecule has 0 aliphatic heterocycles. The molecule has 2 rings (SSSR count). The first-order chi connectivity index (χ1) is 10.5. The van der Waals surface area contributed by atoms with Gasteiger partial charge >= 0.3 is 0 Å². The zero-order valence-corrected chi connectivity index (χ0v) is 13.5. The van der Waals surface area contributed by atoms with Crippen LogP contribution in [-0.4, -0.2) is 24.4 Å². The number of amides is 1. The second-order valence-electron chi connectivity index (χ2n) is 5.22. The van der Waals surface area contributed by atoms with E-state index in [0.717, 1.165) is 12.0 Å². The highest BCUT2D eigenvalue weighted by atomic mass is 35.5. The summed E-state index contributed by atoms with van der Waals surface area (Å²) in [5.74, 6) is 5.31. The highest BCUT2D eigenvalue weighted by Crippen LogP contribution is 2.09. The number of benzene rings is 2. The first-order valence-electron chi connectivity index (χ1n) is 7.13. The number of aryl methyl sites for hydroxylation is 1. The van der Waals surface area contributed by atoms with E-state index in [1.807, 2.05) is 12.1 Å². The van der Waals surface area contributed by atoms with Gasteiger partial charge in [0.05, 0.1) is 0 Å². The van der Waals surface area contributed by atoms with Gasteiger partial charge in [-0.3, -0.25) is 4.79 Å². The molecular formula is C19H18ClNO. The van der Waals surface area contributed by atoms with Gasteiger partial charge in [-0.25, -0.2) is 0 Å². The fourth-order valence-electron chi connectivity index (χ4n) is 1.94. The van der Waals surface area contributed by atoms with Crippen LogP contribution in [0.25, 0.3) is 0 Å². The summed E-state index contributed by atoms with van der Waals surface area (Å²) in [6, 6.07) is 15.5. The van der Waals surface area contributed by atoms with Crippen molar-refractivity contribution in [2.24, 2.45) is 0 Å². The molecule has 0 aromatic heterocycles. The summed E-state index contributed by atoms with van der Waals surface area (Å²) in [5, 5.41) is 0.618. The molecule has 112 valence electrons. The molecule has 0 aliphatic rings. The zero-order chi connectivity index (χ0) is 15.9. The zero-order valence-electron chi connectivity index (χ0n) is 12.8. The summed E-state index contributed by atoms with van der Waals surface area (Å²) in [6.45, 7) is 2.71. The van der Waals surface area contributed by atoms with Crippen LogP contribution in [0.4, 0.5) is 0 Å². The molecule has 0 saturated heterocycles. The van der Waals surface area contributed by atoms with Crippen LogP contribution in [0.3, 0.4) is 0 Å². The van der Waals surface area contributed by atoms with Crippen LogP contribution in [-0.2, 0) is 11.2 Å². The average molecular weight is 312 g/mol. The summed E-state index contributed by atoms with van der Waals surface area (Å²) in [7, 11) is 1.77. The monoisotopic (exact) mass is 311 g/mol. The SMILES string of the molecule is Cc1ccc(CCN(C)C(=O)C#Cc2cccc(Cl)c2)cc1. The standard InChI is InChI=1S/C19H18ClNO/c1-15-6-8-16(9-7-15)12-13-21(2)19(22)11-10-17-4-3-5-18(20)14-17/h3-9,14H,12-13H2,1-2H3. The lowest BCUT2D eigenvalue weighted by Crippen LogP contribution is -2.27. The predicted octanol–water partition coefficient (Wildman–Crippen LogP) is 3.70. The first-order valence-corrected chi connectivity index (χ1v) is 7.50. The van der Waals surface area contributed by atoms with E-state index in [-0.39, 0.29) is 5.91 Å². The third-order valence-electron chi connectivity index (χ3n) is 3.34. The Balaban J connectivity index is 1.91. The minimum absolute atomic E-state index is 0.188. The molecule has 0 unspecified atom stereocenters. The maximum atomic E-state index is 12.0. The highest BCUT2D eigenvalue weighted by molar-refractivity contribution is 6.30. The summed E-state index contributed by atoms with van der Waals surface area (Å²) in [4.78, 5) is 13.6. The van der Waals surface area contributed by atoms with E-state index in [2.05, 4.69) is 43.0 Å². The second-order valence-corrected chi connectivity index (χ2v) is 5.66. The molecule has 2 aromatic carbocycles. The molecule has 0 N–H and O–H groups in total. The van der Waals surface area contributed by atoms with Crippen molar-refractivity contribution in [3.05, 3.63) is 70.2 Å². The lowest BCUT2D eigenvalue weighted by molar-refractivity contribution is -0.123. The Morgan fingerprint density at radius 2 is 1.91 bits per heavy atom. The van der Waals surface area contributed by atoms with E-state index in [1.54, 1.807) is 24.1 Å². The molecule has 2 nitrogen and oxygen atoms in total. The van der Waals surface area contributed by atoms with E-state index in [4.69, 9.17) is 11.6 Å². The topological polar surface area (TPSA) is 20.3 Å². The smallest absolute Gasteiger partial charge is 0.298 e. The maximum absolute atomic E-state index is 12.0. The normalized spacial score (nSPS) is 9.77. The van der Waals surface area contributed by atoms with Crippen LogP contribution in [0.2, 0.25) is 5.02 Å². The van der Waals surface area contributed by atoms with E-state index in [1.165, 1.54) is 11.1 Å². The summed E-state index contributed by atoms with van der Waals surface area (Å²) in [6.07, 6.45) is 0.821. The Kier molecular flexibility index (Phi) is 5.63. The Bertz CT molecular complexity index is 710. The fourth-order valence-corrected chi connectivity index (χ4v) is 2.13. The van der Waals surface area contributed by atoms with Crippen molar-refractivity contribution in [3.63, 3.8) is 0 Å². The molecule has 2 aromatic rings. The minimum atomic E-state index is -0.188. The van der Waals surface area contributed by atoms with E-state index < -0.39 is 0 Å². The van der Waals surface area contributed by atoms with Gasteiger partial charge in [-0.05, 0) is 37.1 Å². The summed E-state index contributed by atoms with van der Waals surface area (Å²) >= 11 is 5.89. The molecule has 0 radical (unpaired) electrons. The van der Waals surface area contributed by atoms with Gasteiger partial charge in [-0.1, -0.05) is 53.4 Å². The summed E-state index contributed by atoms with van der Waals surface area (Å²) in [5.41, 5.74) is 3.20. The van der Waals surface area contributed by atoms with Crippen LogP contribution < -0.4 is 0 Å². The molecule has 1 amide bonds. The lowest BCUT2D eigenvalue weighted by Gasteiger charge is -2.13. The first kappa shape index (κ1) is 16.1. The van der Waals surface area contributed by atoms with Gasteiger partial charge in [0.15, 0.2) is 0 Å². The van der Waals surface area contributed by atoms with Crippen LogP contribution in [0.15, 0.2) is 48.5 Å². The van der Waals surface area contributed by atoms with Crippen molar-refractivity contribution in [2.45, 2.75) is 13.3 Å². The molecule has 0 fully saturated rings. The molecule has 0 saturated carbocycles. The number of carbonyl (C=O) groups is 1. The number of likely N-dealkylation sites (N-methyl/N-ethyl adjacent to an activating group) is 1. The predicted molar refractivity (Wildman–Crippen MR) is 90.9 cm³/mol. The van der Waals surface area contributed by atoms with Crippen LogP contribution >= 0.6 is 11.6 Å². The van der Waals surface area contributed by atoms with Crippen LogP contribution in [0, 0.1) is 18.8 Å². The van der Waals surface area contributed by atoms with Crippen LogP contribution in [0.1, 0.15) is 16.7 Å². The minimum Gasteiger partial charge on any atom is -0.335 e. The van der Waals surface area contributed by atoms with E-state index in [9.17, 15) is 4.79 Å². The largest absolute Gasteiger partial charge is 0.335 e. The number of halogens is 1. The summed E-state index contributed by atoms with van der Waals surface area (Å²) < 4.78 is 0. The van der Waals surface area contributed by atoms with Crippen molar-refractivity contribution in [2.75, 3.05) is 13.6 Å². The lowest BCUT2D eigenvalue weighted by atomic mass is 10.1. The van der Waals surface area contributed by atoms with Crippen molar-refractivity contribution in [3.8, 4) is 11.8 Å². The van der Waals surface area contributed by atoms with Gasteiger partial charge in [0.1, 0.15) is 0 Å². The molecule has 0 spiro atoms. The maximum Gasteiger partial charge on any atom is 0.298 e. The van der Waals surface area contributed by atoms with E-state index >= 15 is 0 Å². The Morgan fingerprint density at radius 1 is 1.18 bits per heavy atom. The van der Waals surface area contributed by atoms with Crippen molar-refractivity contribution in [1.82, 2.24) is 4.90 Å². The number of nitrogens with zero attached hydrogens (tertiary/aromatic N) is 1. The third kappa shape index (κ3) is 4.95. The molecular weight excluding hydrogens is 294 g/mol. The Hall–Kier alpha value is -2.24. The molecule has 0 heterocycles. The molecule has 0 aliphatic carbocycles. The molecule has 3 heteroatoms. The average Bonchev–Trinajstić information content (AvgIpc) is 2.52. The molecule has 22 heavy (non-hydrogen) atoms. The number of hydrogen-bond donors (Lipinski definition) is 0. The third-order valence-corrected chi connectivity index (χ3v) is 3.58. The number of carbonyl (C=O) groups excluding carboxylic acids is 1. The van der Waals surface area contributed by atoms with Crippen molar-refractivity contribution >= 4 is 17.5 Å². The Labute approximate surface area is 136 Å². The van der Waals surface area contributed by atoms with Crippen LogP contribution in [0.5, 0.6) is 0 Å². The Morgan fingerprint density at radius 3 is 2.59 bits per heavy atom. The van der Waals surface area contributed by atoms with Gasteiger partial charge in [-0.2, -0.15) is 0 Å². The number of hydrogen-bond acceptors (Lipinski definition) is 1. The molecule has 0 atom stereocenters. The second kappa shape index (κ2) is 7.68. The highest BCUT2D eigenvalue weighted by Gasteiger charge is 2.05. The van der Waals surface area contributed by atoms with Gasteiger partial charge in [0.2, 0.25) is 0 Å². The van der Waals surface area contributed by atoms with Gasteiger partial charge in [0.25, 0.3) is 5.91 Å². The quantitative estimate of drug-likeness (QED) is 0.792. The van der Waals surface area contributed by atoms with E-state index in [0.29, 0.717) is 11.6 Å². The molecule has 0 bridgehead atoms. The fraction of sp³-hybridized carbons (Fsp3) is 0.211. The van der Waals surface area contributed by atoms with Crippen molar-refractivity contribution in [1.29, 1.82) is 0 Å². The van der Waals surface area contributed by atoms with Gasteiger partial charge < -0.3 is 4.90 Å². The van der Waals surface area contributed by atoms with Gasteiger partial charge in [0, 0.05) is 30.1 Å².